The molecule has 0 spiro atoms. The second-order valence-corrected chi connectivity index (χ2v) is 5.35. The number of likely N-dealkylation sites (tertiary alicyclic amines) is 1. The van der Waals surface area contributed by atoms with Crippen LogP contribution in [-0.4, -0.2) is 29.8 Å². The highest BCUT2D eigenvalue weighted by Crippen LogP contribution is 2.33. The molecule has 0 radical (unpaired) electrons. The summed E-state index contributed by atoms with van der Waals surface area (Å²) < 4.78 is 38.6. The Morgan fingerprint density at radius 1 is 1.41 bits per heavy atom. The molecule has 1 aliphatic rings. The van der Waals surface area contributed by atoms with Gasteiger partial charge in [-0.3, -0.25) is 9.59 Å². The largest absolute Gasteiger partial charge is 0.416 e. The van der Waals surface area contributed by atoms with E-state index < -0.39 is 23.6 Å². The van der Waals surface area contributed by atoms with Crippen molar-refractivity contribution in [2.45, 2.75) is 26.4 Å². The third kappa shape index (κ3) is 3.40. The normalized spacial score (nSPS) is 18.7. The molecule has 1 saturated heterocycles. The van der Waals surface area contributed by atoms with Crippen LogP contribution in [0.2, 0.25) is 0 Å². The fourth-order valence-corrected chi connectivity index (χ4v) is 2.50. The summed E-state index contributed by atoms with van der Waals surface area (Å²) in [7, 11) is 0. The molecule has 1 aromatic carbocycles. The van der Waals surface area contributed by atoms with E-state index in [1.807, 2.05) is 6.92 Å². The Kier molecular flexibility index (Phi) is 4.44. The van der Waals surface area contributed by atoms with Crippen LogP contribution in [0, 0.1) is 12.8 Å². The van der Waals surface area contributed by atoms with E-state index in [1.54, 1.807) is 4.90 Å². The number of alkyl halides is 3. The summed E-state index contributed by atoms with van der Waals surface area (Å²) in [5.74, 6) is -1.06. The molecule has 1 aromatic rings. The quantitative estimate of drug-likeness (QED) is 0.932. The topological polar surface area (TPSA) is 49.4 Å². The van der Waals surface area contributed by atoms with Crippen molar-refractivity contribution in [3.63, 3.8) is 0 Å². The van der Waals surface area contributed by atoms with E-state index in [2.05, 4.69) is 5.32 Å². The van der Waals surface area contributed by atoms with E-state index in [0.717, 1.165) is 6.07 Å². The molecule has 1 fully saturated rings. The zero-order valence-corrected chi connectivity index (χ0v) is 12.3. The third-order valence-electron chi connectivity index (χ3n) is 3.78. The summed E-state index contributed by atoms with van der Waals surface area (Å²) in [4.78, 5) is 25.3. The molecule has 2 amide bonds. The van der Waals surface area contributed by atoms with E-state index in [9.17, 15) is 22.8 Å². The van der Waals surface area contributed by atoms with Crippen LogP contribution in [0.1, 0.15) is 24.5 Å². The number of halogens is 3. The van der Waals surface area contributed by atoms with Crippen molar-refractivity contribution in [1.82, 2.24) is 4.90 Å². The lowest BCUT2D eigenvalue weighted by atomic mass is 10.1. The van der Waals surface area contributed by atoms with Crippen LogP contribution in [0.15, 0.2) is 18.2 Å². The summed E-state index contributed by atoms with van der Waals surface area (Å²) in [5, 5.41) is 2.47. The first-order valence-corrected chi connectivity index (χ1v) is 6.99. The van der Waals surface area contributed by atoms with Gasteiger partial charge in [-0.25, -0.2) is 0 Å². The molecule has 1 aliphatic heterocycles. The first-order chi connectivity index (χ1) is 10.2. The number of aryl methyl sites for hydroxylation is 1. The zero-order valence-electron chi connectivity index (χ0n) is 12.3. The predicted octanol–water partition coefficient (Wildman–Crippen LogP) is 2.82. The minimum atomic E-state index is -4.47. The van der Waals surface area contributed by atoms with Crippen molar-refractivity contribution in [2.75, 3.05) is 18.4 Å². The predicted molar refractivity (Wildman–Crippen MR) is 75.2 cm³/mol. The maximum absolute atomic E-state index is 12.9. The number of hydrogen-bond acceptors (Lipinski definition) is 2. The molecule has 0 aliphatic carbocycles. The zero-order chi connectivity index (χ0) is 16.5. The highest BCUT2D eigenvalue weighted by Gasteiger charge is 2.35. The minimum Gasteiger partial charge on any atom is -0.342 e. The number of benzene rings is 1. The Bertz CT molecular complexity index is 599. The van der Waals surface area contributed by atoms with E-state index in [1.165, 1.54) is 19.1 Å². The number of nitrogens with one attached hydrogen (secondary N) is 1. The standard InChI is InChI=1S/C15H17F3N2O2/c1-3-20-8-10(6-13(20)21)14(22)19-11-5-4-9(2)12(7-11)15(16,17)18/h4-5,7,10H,3,6,8H2,1-2H3,(H,19,22). The van der Waals surface area contributed by atoms with Gasteiger partial charge in [0.25, 0.3) is 0 Å². The van der Waals surface area contributed by atoms with Crippen molar-refractivity contribution in [1.29, 1.82) is 0 Å². The molecular formula is C15H17F3N2O2. The number of carbonyl (C=O) groups excluding carboxylic acids is 2. The van der Waals surface area contributed by atoms with Gasteiger partial charge < -0.3 is 10.2 Å². The Labute approximate surface area is 126 Å². The highest BCUT2D eigenvalue weighted by molar-refractivity contribution is 5.97. The van der Waals surface area contributed by atoms with Crippen LogP contribution in [0.3, 0.4) is 0 Å². The van der Waals surface area contributed by atoms with Crippen molar-refractivity contribution in [3.05, 3.63) is 29.3 Å². The molecule has 1 unspecified atom stereocenters. The number of amides is 2. The van der Waals surface area contributed by atoms with Crippen LogP contribution in [0.4, 0.5) is 18.9 Å². The fourth-order valence-electron chi connectivity index (χ4n) is 2.50. The number of anilines is 1. The van der Waals surface area contributed by atoms with E-state index in [0.29, 0.717) is 13.1 Å². The summed E-state index contributed by atoms with van der Waals surface area (Å²) in [6.07, 6.45) is -4.37. The average Bonchev–Trinajstić information content (AvgIpc) is 2.81. The summed E-state index contributed by atoms with van der Waals surface area (Å²) in [6, 6.07) is 3.66. The lowest BCUT2D eigenvalue weighted by Gasteiger charge is -2.15. The Hall–Kier alpha value is -2.05. The van der Waals surface area contributed by atoms with Crippen molar-refractivity contribution >= 4 is 17.5 Å². The van der Waals surface area contributed by atoms with Gasteiger partial charge in [0.05, 0.1) is 11.5 Å². The van der Waals surface area contributed by atoms with Gasteiger partial charge in [0.1, 0.15) is 0 Å². The van der Waals surface area contributed by atoms with Gasteiger partial charge in [0.15, 0.2) is 0 Å². The van der Waals surface area contributed by atoms with Crippen LogP contribution in [0.5, 0.6) is 0 Å². The lowest BCUT2D eigenvalue weighted by molar-refractivity contribution is -0.138. The van der Waals surface area contributed by atoms with E-state index >= 15 is 0 Å². The summed E-state index contributed by atoms with van der Waals surface area (Å²) in [6.45, 7) is 4.00. The van der Waals surface area contributed by atoms with Crippen LogP contribution in [-0.2, 0) is 15.8 Å². The van der Waals surface area contributed by atoms with Gasteiger partial charge in [0.2, 0.25) is 11.8 Å². The van der Waals surface area contributed by atoms with Crippen molar-refractivity contribution < 1.29 is 22.8 Å². The first kappa shape index (κ1) is 16.3. The Balaban J connectivity index is 2.11. The molecule has 2 rings (SSSR count). The Morgan fingerprint density at radius 2 is 2.09 bits per heavy atom. The van der Waals surface area contributed by atoms with Gasteiger partial charge in [-0.1, -0.05) is 6.07 Å². The fraction of sp³-hybridized carbons (Fsp3) is 0.467. The maximum Gasteiger partial charge on any atom is 0.416 e. The van der Waals surface area contributed by atoms with Gasteiger partial charge in [-0.2, -0.15) is 13.2 Å². The molecule has 1 N–H and O–H groups in total. The third-order valence-corrected chi connectivity index (χ3v) is 3.78. The molecule has 7 heteroatoms. The summed E-state index contributed by atoms with van der Waals surface area (Å²) >= 11 is 0. The van der Waals surface area contributed by atoms with E-state index in [-0.39, 0.29) is 23.6 Å². The highest BCUT2D eigenvalue weighted by atomic mass is 19.4. The number of carbonyl (C=O) groups is 2. The number of rotatable bonds is 3. The Morgan fingerprint density at radius 3 is 2.64 bits per heavy atom. The summed E-state index contributed by atoms with van der Waals surface area (Å²) in [5.41, 5.74) is -0.591. The number of nitrogens with zero attached hydrogens (tertiary/aromatic N) is 1. The smallest absolute Gasteiger partial charge is 0.342 e. The van der Waals surface area contributed by atoms with Crippen LogP contribution < -0.4 is 5.32 Å². The molecule has 0 aromatic heterocycles. The SMILES string of the molecule is CCN1CC(C(=O)Nc2ccc(C)c(C(F)(F)F)c2)CC1=O. The van der Waals surface area contributed by atoms with Crippen molar-refractivity contribution in [3.8, 4) is 0 Å². The molecule has 0 saturated carbocycles. The second kappa shape index (κ2) is 5.98. The number of hydrogen-bond donors (Lipinski definition) is 1. The van der Waals surface area contributed by atoms with Gasteiger partial charge >= 0.3 is 6.18 Å². The monoisotopic (exact) mass is 314 g/mol. The molecule has 1 atom stereocenters. The maximum atomic E-state index is 12.9. The molecule has 0 bridgehead atoms. The lowest BCUT2D eigenvalue weighted by Crippen LogP contribution is -2.28. The van der Waals surface area contributed by atoms with Gasteiger partial charge in [-0.05, 0) is 31.5 Å². The first-order valence-electron chi connectivity index (χ1n) is 6.99. The minimum absolute atomic E-state index is 0.0883. The van der Waals surface area contributed by atoms with Crippen LogP contribution in [0.25, 0.3) is 0 Å². The second-order valence-electron chi connectivity index (χ2n) is 5.35. The van der Waals surface area contributed by atoms with Crippen molar-refractivity contribution in [2.24, 2.45) is 5.92 Å². The average molecular weight is 314 g/mol. The molecule has 22 heavy (non-hydrogen) atoms. The molecular weight excluding hydrogens is 297 g/mol. The van der Waals surface area contributed by atoms with Gasteiger partial charge in [-0.15, -0.1) is 0 Å². The van der Waals surface area contributed by atoms with Crippen LogP contribution >= 0.6 is 0 Å². The van der Waals surface area contributed by atoms with Gasteiger partial charge in [0, 0.05) is 25.2 Å². The molecule has 1 heterocycles. The van der Waals surface area contributed by atoms with E-state index in [4.69, 9.17) is 0 Å². The molecule has 4 nitrogen and oxygen atoms in total. The molecule has 120 valence electrons.